The quantitative estimate of drug-likeness (QED) is 0.816. The number of morpholine rings is 1. The van der Waals surface area contributed by atoms with Gasteiger partial charge in [0.2, 0.25) is 10.0 Å². The van der Waals surface area contributed by atoms with E-state index in [1.807, 2.05) is 30.3 Å². The number of nitrogens with one attached hydrogen (secondary N) is 1. The van der Waals surface area contributed by atoms with E-state index in [2.05, 4.69) is 5.32 Å². The van der Waals surface area contributed by atoms with Crippen molar-refractivity contribution in [1.82, 2.24) is 4.31 Å². The average molecular weight is 390 g/mol. The van der Waals surface area contributed by atoms with Crippen molar-refractivity contribution in [2.45, 2.75) is 11.0 Å². The summed E-state index contributed by atoms with van der Waals surface area (Å²) in [5.41, 5.74) is 1.24. The van der Waals surface area contributed by atoms with E-state index in [1.54, 1.807) is 12.1 Å². The topological polar surface area (TPSA) is 84.9 Å². The van der Waals surface area contributed by atoms with Gasteiger partial charge in [-0.2, -0.15) is 4.31 Å². The third-order valence-electron chi connectivity index (χ3n) is 4.31. The molecule has 0 aliphatic carbocycles. The lowest BCUT2D eigenvalue weighted by molar-refractivity contribution is -0.126. The lowest BCUT2D eigenvalue weighted by atomic mass is 10.1. The number of hydrogen-bond acceptors (Lipinski definition) is 5. The van der Waals surface area contributed by atoms with Gasteiger partial charge in [-0.3, -0.25) is 4.79 Å². The number of nitrogens with zero attached hydrogens (tertiary/aromatic N) is 1. The highest BCUT2D eigenvalue weighted by Gasteiger charge is 2.26. The summed E-state index contributed by atoms with van der Waals surface area (Å²) in [6.45, 7) is 1.47. The molecule has 3 rings (SSSR count). The Bertz CT molecular complexity index is 863. The molecule has 1 atom stereocenters. The predicted molar refractivity (Wildman–Crippen MR) is 101 cm³/mol. The Hall–Kier alpha value is -2.26. The largest absolute Gasteiger partial charge is 0.379 e. The van der Waals surface area contributed by atoms with E-state index in [9.17, 15) is 13.2 Å². The van der Waals surface area contributed by atoms with Crippen LogP contribution in [0.1, 0.15) is 11.7 Å². The molecule has 2 aromatic carbocycles. The maximum absolute atomic E-state index is 12.6. The fourth-order valence-electron chi connectivity index (χ4n) is 2.88. The molecule has 7 nitrogen and oxygen atoms in total. The van der Waals surface area contributed by atoms with Gasteiger partial charge in [0.25, 0.3) is 5.91 Å². The van der Waals surface area contributed by atoms with E-state index in [4.69, 9.17) is 9.47 Å². The number of carbonyl (C=O) groups is 1. The van der Waals surface area contributed by atoms with Crippen molar-refractivity contribution in [3.63, 3.8) is 0 Å². The molecule has 144 valence electrons. The second-order valence-electron chi connectivity index (χ2n) is 6.06. The summed E-state index contributed by atoms with van der Waals surface area (Å²) in [6, 6.07) is 15.3. The molecule has 1 aliphatic rings. The zero-order valence-electron chi connectivity index (χ0n) is 15.0. The maximum Gasteiger partial charge on any atom is 0.258 e. The third kappa shape index (κ3) is 4.54. The number of benzene rings is 2. The van der Waals surface area contributed by atoms with Crippen LogP contribution in [0.5, 0.6) is 0 Å². The number of hydrogen-bond donors (Lipinski definition) is 1. The van der Waals surface area contributed by atoms with Crippen LogP contribution in [-0.2, 0) is 24.3 Å². The van der Waals surface area contributed by atoms with Crippen molar-refractivity contribution in [1.29, 1.82) is 0 Å². The van der Waals surface area contributed by atoms with Crippen LogP contribution < -0.4 is 5.32 Å². The Morgan fingerprint density at radius 2 is 1.70 bits per heavy atom. The third-order valence-corrected chi connectivity index (χ3v) is 6.22. The summed E-state index contributed by atoms with van der Waals surface area (Å²) < 4.78 is 37.1. The van der Waals surface area contributed by atoms with Crippen molar-refractivity contribution in [2.75, 3.05) is 38.7 Å². The lowest BCUT2D eigenvalue weighted by Crippen LogP contribution is -2.40. The molecule has 1 N–H and O–H groups in total. The highest BCUT2D eigenvalue weighted by atomic mass is 32.2. The van der Waals surface area contributed by atoms with Crippen LogP contribution in [0, 0.1) is 0 Å². The Labute approximate surface area is 158 Å². The molecular formula is C19H22N2O5S. The monoisotopic (exact) mass is 390 g/mol. The fourth-order valence-corrected chi connectivity index (χ4v) is 4.28. The molecule has 1 aliphatic heterocycles. The Balaban J connectivity index is 1.71. The minimum atomic E-state index is -3.56. The molecule has 0 saturated carbocycles. The zero-order valence-corrected chi connectivity index (χ0v) is 15.8. The molecule has 27 heavy (non-hydrogen) atoms. The molecule has 0 aromatic heterocycles. The van der Waals surface area contributed by atoms with Gasteiger partial charge in [-0.25, -0.2) is 8.42 Å². The number of ether oxygens (including phenoxy) is 2. The first-order valence-corrected chi connectivity index (χ1v) is 10.0. The van der Waals surface area contributed by atoms with Crippen LogP contribution in [0.25, 0.3) is 0 Å². The van der Waals surface area contributed by atoms with Crippen molar-refractivity contribution in [2.24, 2.45) is 0 Å². The zero-order chi connectivity index (χ0) is 19.3. The minimum absolute atomic E-state index is 0.189. The second-order valence-corrected chi connectivity index (χ2v) is 7.99. The van der Waals surface area contributed by atoms with E-state index in [0.717, 1.165) is 5.56 Å². The van der Waals surface area contributed by atoms with Gasteiger partial charge in [0, 0.05) is 25.9 Å². The van der Waals surface area contributed by atoms with Crippen molar-refractivity contribution < 1.29 is 22.7 Å². The summed E-state index contributed by atoms with van der Waals surface area (Å²) in [6.07, 6.45) is -0.747. The molecule has 1 fully saturated rings. The first-order chi connectivity index (χ1) is 13.0. The van der Waals surface area contributed by atoms with E-state index in [-0.39, 0.29) is 10.8 Å². The van der Waals surface area contributed by atoms with Gasteiger partial charge >= 0.3 is 0 Å². The van der Waals surface area contributed by atoms with Gasteiger partial charge in [-0.1, -0.05) is 30.3 Å². The number of carbonyl (C=O) groups excluding carboxylic acids is 1. The highest BCUT2D eigenvalue weighted by Crippen LogP contribution is 2.22. The van der Waals surface area contributed by atoms with Crippen molar-refractivity contribution in [3.8, 4) is 0 Å². The van der Waals surface area contributed by atoms with Gasteiger partial charge in [0.15, 0.2) is 6.10 Å². The molecule has 1 saturated heterocycles. The number of sulfonamides is 1. The van der Waals surface area contributed by atoms with Crippen LogP contribution >= 0.6 is 0 Å². The number of amides is 1. The Kier molecular flexibility index (Phi) is 6.22. The normalized spacial score (nSPS) is 16.6. The maximum atomic E-state index is 12.6. The average Bonchev–Trinajstić information content (AvgIpc) is 2.70. The van der Waals surface area contributed by atoms with Crippen LogP contribution in [0.2, 0.25) is 0 Å². The lowest BCUT2D eigenvalue weighted by Gasteiger charge is -2.26. The number of anilines is 1. The summed E-state index contributed by atoms with van der Waals surface area (Å²) >= 11 is 0. The minimum Gasteiger partial charge on any atom is -0.379 e. The van der Waals surface area contributed by atoms with E-state index in [0.29, 0.717) is 32.0 Å². The molecule has 0 spiro atoms. The van der Waals surface area contributed by atoms with E-state index >= 15 is 0 Å². The van der Waals surface area contributed by atoms with Crippen LogP contribution in [-0.4, -0.2) is 52.0 Å². The van der Waals surface area contributed by atoms with E-state index < -0.39 is 16.1 Å². The standard InChI is InChI=1S/C19H22N2O5S/c1-25-18(15-5-3-2-4-6-15)19(22)20-16-7-9-17(10-8-16)27(23,24)21-11-13-26-14-12-21/h2-10,18H,11-14H2,1H3,(H,20,22)/t18-/m0/s1. The Morgan fingerprint density at radius 1 is 1.07 bits per heavy atom. The fraction of sp³-hybridized carbons (Fsp3) is 0.316. The van der Waals surface area contributed by atoms with Gasteiger partial charge in [-0.15, -0.1) is 0 Å². The molecule has 0 unspecified atom stereocenters. The molecule has 2 aromatic rings. The second kappa shape index (κ2) is 8.62. The van der Waals surface area contributed by atoms with Crippen LogP contribution in [0.15, 0.2) is 59.5 Å². The number of rotatable bonds is 6. The van der Waals surface area contributed by atoms with Gasteiger partial charge in [-0.05, 0) is 29.8 Å². The van der Waals surface area contributed by atoms with Gasteiger partial charge in [0.1, 0.15) is 0 Å². The van der Waals surface area contributed by atoms with E-state index in [1.165, 1.54) is 23.5 Å². The molecule has 1 amide bonds. The van der Waals surface area contributed by atoms with Crippen LogP contribution in [0.4, 0.5) is 5.69 Å². The molecule has 1 heterocycles. The first kappa shape index (κ1) is 19.5. The molecular weight excluding hydrogens is 368 g/mol. The van der Waals surface area contributed by atoms with Gasteiger partial charge in [0.05, 0.1) is 18.1 Å². The predicted octanol–water partition coefficient (Wildman–Crippen LogP) is 2.03. The summed E-state index contributed by atoms with van der Waals surface area (Å²) in [5.74, 6) is -0.326. The first-order valence-electron chi connectivity index (χ1n) is 8.59. The smallest absolute Gasteiger partial charge is 0.258 e. The molecule has 0 radical (unpaired) electrons. The Morgan fingerprint density at radius 3 is 2.30 bits per heavy atom. The SMILES string of the molecule is CO[C@H](C(=O)Nc1ccc(S(=O)(=O)N2CCOCC2)cc1)c1ccccc1. The summed E-state index contributed by atoms with van der Waals surface area (Å²) in [7, 11) is -2.09. The summed E-state index contributed by atoms with van der Waals surface area (Å²) in [4.78, 5) is 12.7. The van der Waals surface area contributed by atoms with Crippen molar-refractivity contribution in [3.05, 3.63) is 60.2 Å². The highest BCUT2D eigenvalue weighted by molar-refractivity contribution is 7.89. The number of methoxy groups -OCH3 is 1. The molecule has 8 heteroatoms. The summed E-state index contributed by atoms with van der Waals surface area (Å²) in [5, 5.41) is 2.76. The van der Waals surface area contributed by atoms with Gasteiger partial charge < -0.3 is 14.8 Å². The van der Waals surface area contributed by atoms with Crippen molar-refractivity contribution >= 4 is 21.6 Å². The van der Waals surface area contributed by atoms with Crippen LogP contribution in [0.3, 0.4) is 0 Å². The molecule has 0 bridgehead atoms.